The van der Waals surface area contributed by atoms with Gasteiger partial charge < -0.3 is 20.5 Å². The Balaban J connectivity index is 1.96. The topological polar surface area (TPSA) is 94.4 Å². The molecule has 1 saturated heterocycles. The highest BCUT2D eigenvalue weighted by molar-refractivity contribution is 5.97. The molecular weight excluding hydrogens is 282 g/mol. The van der Waals surface area contributed by atoms with Gasteiger partial charge in [-0.25, -0.2) is 0 Å². The van der Waals surface area contributed by atoms with Crippen molar-refractivity contribution in [3.05, 3.63) is 35.5 Å². The fourth-order valence-corrected chi connectivity index (χ4v) is 2.17. The van der Waals surface area contributed by atoms with E-state index < -0.39 is 5.91 Å². The quantitative estimate of drug-likeness (QED) is 0.438. The number of ether oxygens (including phenoxy) is 1. The Bertz CT molecular complexity index is 614. The lowest BCUT2D eigenvalue weighted by Crippen LogP contribution is -2.32. The van der Waals surface area contributed by atoms with Crippen molar-refractivity contribution >= 4 is 11.6 Å². The minimum absolute atomic E-state index is 0.0256. The normalized spacial score (nSPS) is 17.8. The average Bonchev–Trinajstić information content (AvgIpc) is 3.02. The molecule has 1 unspecified atom stereocenters. The number of nitrogens with zero attached hydrogens (tertiary/aromatic N) is 1. The van der Waals surface area contributed by atoms with Crippen LogP contribution in [0, 0.1) is 18.3 Å². The van der Waals surface area contributed by atoms with Gasteiger partial charge in [0.2, 0.25) is 0 Å². The smallest absolute Gasteiger partial charge is 0.263 e. The van der Waals surface area contributed by atoms with Gasteiger partial charge >= 0.3 is 0 Å². The third-order valence-electron chi connectivity index (χ3n) is 3.40. The number of aromatic hydroxyl groups is 1. The van der Waals surface area contributed by atoms with Crippen molar-refractivity contribution in [1.82, 2.24) is 5.32 Å². The van der Waals surface area contributed by atoms with E-state index in [9.17, 15) is 9.90 Å². The number of rotatable bonds is 5. The Morgan fingerprint density at radius 1 is 1.59 bits per heavy atom. The molecule has 3 N–H and O–H groups in total. The molecule has 116 valence electrons. The minimum Gasteiger partial charge on any atom is -0.506 e. The highest BCUT2D eigenvalue weighted by Crippen LogP contribution is 2.23. The number of phenols is 1. The molecule has 0 bridgehead atoms. The van der Waals surface area contributed by atoms with Crippen LogP contribution in [-0.2, 0) is 9.53 Å². The standard InChI is InChI=1S/C16H19N3O3/c1-11-4-5-15(20)14(7-11)18-9-12(8-17)16(21)19-10-13-3-2-6-22-13/h4-5,7,9,13,18,20H,2-3,6,10H2,1H3,(H,19,21)/b12-9-. The summed E-state index contributed by atoms with van der Waals surface area (Å²) >= 11 is 0. The van der Waals surface area contributed by atoms with Crippen LogP contribution in [0.25, 0.3) is 0 Å². The monoisotopic (exact) mass is 301 g/mol. The SMILES string of the molecule is Cc1ccc(O)c(N/C=C(/C#N)C(=O)NCC2CCCO2)c1. The number of hydrogen-bond acceptors (Lipinski definition) is 5. The Morgan fingerprint density at radius 3 is 3.09 bits per heavy atom. The summed E-state index contributed by atoms with van der Waals surface area (Å²) in [5.41, 5.74) is 1.34. The Morgan fingerprint density at radius 2 is 2.41 bits per heavy atom. The van der Waals surface area contributed by atoms with Crippen molar-refractivity contribution in [3.8, 4) is 11.8 Å². The van der Waals surface area contributed by atoms with Crippen molar-refractivity contribution in [2.75, 3.05) is 18.5 Å². The van der Waals surface area contributed by atoms with E-state index in [2.05, 4.69) is 10.6 Å². The zero-order chi connectivity index (χ0) is 15.9. The molecule has 0 aliphatic carbocycles. The number of benzene rings is 1. The molecule has 1 amide bonds. The Labute approximate surface area is 129 Å². The predicted octanol–water partition coefficient (Wildman–Crippen LogP) is 1.82. The van der Waals surface area contributed by atoms with Gasteiger partial charge in [0, 0.05) is 19.4 Å². The van der Waals surface area contributed by atoms with E-state index >= 15 is 0 Å². The van der Waals surface area contributed by atoms with Crippen LogP contribution in [0.3, 0.4) is 0 Å². The van der Waals surface area contributed by atoms with Crippen LogP contribution in [-0.4, -0.2) is 30.3 Å². The molecule has 0 spiro atoms. The molecule has 6 heteroatoms. The van der Waals surface area contributed by atoms with E-state index in [0.29, 0.717) is 12.2 Å². The summed E-state index contributed by atoms with van der Waals surface area (Å²) in [4.78, 5) is 11.9. The van der Waals surface area contributed by atoms with Crippen LogP contribution in [0.4, 0.5) is 5.69 Å². The number of carbonyl (C=O) groups excluding carboxylic acids is 1. The highest BCUT2D eigenvalue weighted by Gasteiger charge is 2.17. The summed E-state index contributed by atoms with van der Waals surface area (Å²) in [6, 6.07) is 6.89. The van der Waals surface area contributed by atoms with Gasteiger partial charge in [0.1, 0.15) is 17.4 Å². The van der Waals surface area contributed by atoms with Gasteiger partial charge in [-0.05, 0) is 37.5 Å². The maximum Gasteiger partial charge on any atom is 0.263 e. The van der Waals surface area contributed by atoms with E-state index in [1.807, 2.05) is 13.0 Å². The highest BCUT2D eigenvalue weighted by atomic mass is 16.5. The van der Waals surface area contributed by atoms with Crippen molar-refractivity contribution in [3.63, 3.8) is 0 Å². The zero-order valence-electron chi connectivity index (χ0n) is 12.4. The molecule has 1 aromatic carbocycles. The van der Waals surface area contributed by atoms with E-state index in [1.165, 1.54) is 6.20 Å². The van der Waals surface area contributed by atoms with Gasteiger partial charge in [-0.3, -0.25) is 4.79 Å². The van der Waals surface area contributed by atoms with Crippen LogP contribution < -0.4 is 10.6 Å². The van der Waals surface area contributed by atoms with Gasteiger partial charge in [-0.15, -0.1) is 0 Å². The maximum absolute atomic E-state index is 11.9. The number of carbonyl (C=O) groups is 1. The van der Waals surface area contributed by atoms with Gasteiger partial charge in [0.15, 0.2) is 0 Å². The number of nitrogens with one attached hydrogen (secondary N) is 2. The van der Waals surface area contributed by atoms with Crippen molar-refractivity contribution < 1.29 is 14.6 Å². The minimum atomic E-state index is -0.461. The average molecular weight is 301 g/mol. The molecule has 0 saturated carbocycles. The van der Waals surface area contributed by atoms with Gasteiger partial charge in [0.05, 0.1) is 11.8 Å². The molecule has 1 fully saturated rings. The summed E-state index contributed by atoms with van der Waals surface area (Å²) in [6.45, 7) is 3.00. The summed E-state index contributed by atoms with van der Waals surface area (Å²) < 4.78 is 5.41. The first-order valence-corrected chi connectivity index (χ1v) is 7.16. The van der Waals surface area contributed by atoms with Crippen molar-refractivity contribution in [2.45, 2.75) is 25.9 Å². The molecule has 0 radical (unpaired) electrons. The molecule has 1 aliphatic heterocycles. The fourth-order valence-electron chi connectivity index (χ4n) is 2.17. The second-order valence-electron chi connectivity index (χ2n) is 5.18. The van der Waals surface area contributed by atoms with Crippen molar-refractivity contribution in [1.29, 1.82) is 5.26 Å². The second-order valence-corrected chi connectivity index (χ2v) is 5.18. The fraction of sp³-hybridized carbons (Fsp3) is 0.375. The molecule has 22 heavy (non-hydrogen) atoms. The van der Waals surface area contributed by atoms with Crippen LogP contribution >= 0.6 is 0 Å². The molecule has 6 nitrogen and oxygen atoms in total. The summed E-state index contributed by atoms with van der Waals surface area (Å²) in [7, 11) is 0. The predicted molar refractivity (Wildman–Crippen MR) is 82.1 cm³/mol. The number of nitriles is 1. The number of anilines is 1. The third kappa shape index (κ3) is 4.24. The van der Waals surface area contributed by atoms with Crippen molar-refractivity contribution in [2.24, 2.45) is 0 Å². The van der Waals surface area contributed by atoms with E-state index in [1.54, 1.807) is 18.2 Å². The van der Waals surface area contributed by atoms with Gasteiger partial charge in [-0.1, -0.05) is 6.07 Å². The zero-order valence-corrected chi connectivity index (χ0v) is 12.4. The maximum atomic E-state index is 11.9. The first-order chi connectivity index (χ1) is 10.6. The Kier molecular flexibility index (Phi) is 5.39. The molecule has 1 aromatic rings. The lowest BCUT2D eigenvalue weighted by atomic mass is 10.2. The summed E-state index contributed by atoms with van der Waals surface area (Å²) in [6.07, 6.45) is 3.23. The first kappa shape index (κ1) is 15.9. The van der Waals surface area contributed by atoms with Gasteiger partial charge in [0.25, 0.3) is 5.91 Å². The third-order valence-corrected chi connectivity index (χ3v) is 3.40. The van der Waals surface area contributed by atoms with Crippen LogP contribution in [0.2, 0.25) is 0 Å². The number of aryl methyl sites for hydroxylation is 1. The molecule has 1 aliphatic rings. The number of phenolic OH excluding ortho intramolecular Hbond substituents is 1. The lowest BCUT2D eigenvalue weighted by Gasteiger charge is -2.10. The number of hydrogen-bond donors (Lipinski definition) is 3. The largest absolute Gasteiger partial charge is 0.506 e. The molecular formula is C16H19N3O3. The number of amides is 1. The molecule has 2 rings (SSSR count). The Hall–Kier alpha value is -2.52. The van der Waals surface area contributed by atoms with E-state index in [0.717, 1.165) is 25.0 Å². The summed E-state index contributed by atoms with van der Waals surface area (Å²) in [5.74, 6) is -0.406. The van der Waals surface area contributed by atoms with Crippen LogP contribution in [0.1, 0.15) is 18.4 Å². The van der Waals surface area contributed by atoms with E-state index in [-0.39, 0.29) is 17.4 Å². The lowest BCUT2D eigenvalue weighted by molar-refractivity contribution is -0.117. The molecule has 1 heterocycles. The van der Waals surface area contributed by atoms with Crippen LogP contribution in [0.5, 0.6) is 5.75 Å². The second kappa shape index (κ2) is 7.48. The van der Waals surface area contributed by atoms with Crippen LogP contribution in [0.15, 0.2) is 30.0 Å². The first-order valence-electron chi connectivity index (χ1n) is 7.16. The van der Waals surface area contributed by atoms with E-state index in [4.69, 9.17) is 10.00 Å². The molecule has 1 atom stereocenters. The molecule has 0 aromatic heterocycles. The summed E-state index contributed by atoms with van der Waals surface area (Å²) in [5, 5.41) is 24.3. The van der Waals surface area contributed by atoms with Gasteiger partial charge in [-0.2, -0.15) is 5.26 Å².